The lowest BCUT2D eigenvalue weighted by Crippen LogP contribution is -2.37. The summed E-state index contributed by atoms with van der Waals surface area (Å²) in [4.78, 5) is 23.7. The molecule has 1 aliphatic rings. The Bertz CT molecular complexity index is 973. The molecule has 0 spiro atoms. The summed E-state index contributed by atoms with van der Waals surface area (Å²) in [6.45, 7) is 2.73. The molecule has 1 aliphatic heterocycles. The molecule has 0 aliphatic carbocycles. The molecule has 2 aromatic heterocycles. The van der Waals surface area contributed by atoms with Crippen molar-refractivity contribution in [2.24, 2.45) is 0 Å². The summed E-state index contributed by atoms with van der Waals surface area (Å²) in [5.74, 6) is 0.0670. The van der Waals surface area contributed by atoms with Gasteiger partial charge in [0.15, 0.2) is 0 Å². The number of nitrogens with zero attached hydrogens (tertiary/aromatic N) is 3. The smallest absolute Gasteiger partial charge is 0.270 e. The van der Waals surface area contributed by atoms with Crippen LogP contribution in [0.3, 0.4) is 0 Å². The van der Waals surface area contributed by atoms with Crippen LogP contribution in [0.5, 0.6) is 5.88 Å². The normalized spacial score (nSPS) is 13.2. The molecule has 0 unspecified atom stereocenters. The van der Waals surface area contributed by atoms with Crippen molar-refractivity contribution >= 4 is 22.9 Å². The Morgan fingerprint density at radius 2 is 2.15 bits per heavy atom. The molecule has 26 heavy (non-hydrogen) atoms. The maximum absolute atomic E-state index is 13.8. The average Bonchev–Trinajstić information content (AvgIpc) is 3.11. The van der Waals surface area contributed by atoms with Gasteiger partial charge in [-0.25, -0.2) is 14.4 Å². The Balaban J connectivity index is 1.57. The van der Waals surface area contributed by atoms with Gasteiger partial charge < -0.3 is 4.74 Å². The molecule has 0 saturated carbocycles. The minimum atomic E-state index is -0.265. The predicted octanol–water partition coefficient (Wildman–Crippen LogP) is 3.62. The maximum Gasteiger partial charge on any atom is 0.270 e. The molecule has 132 valence electrons. The number of ether oxygens (including phenoxy) is 1. The van der Waals surface area contributed by atoms with E-state index in [-0.39, 0.29) is 11.7 Å². The second-order valence-electron chi connectivity index (χ2n) is 5.97. The van der Waals surface area contributed by atoms with E-state index in [1.807, 2.05) is 19.1 Å². The van der Waals surface area contributed by atoms with Gasteiger partial charge in [0.2, 0.25) is 5.88 Å². The number of hydrogen-bond donors (Lipinski definition) is 0. The van der Waals surface area contributed by atoms with Crippen LogP contribution in [-0.4, -0.2) is 29.0 Å². The highest BCUT2D eigenvalue weighted by Gasteiger charge is 2.27. The predicted molar refractivity (Wildman–Crippen MR) is 97.5 cm³/mol. The van der Waals surface area contributed by atoms with E-state index in [1.54, 1.807) is 29.3 Å². The maximum atomic E-state index is 13.8. The molecule has 0 bridgehead atoms. The number of carbonyl (C=O) groups excluding carboxylic acids is 1. The Morgan fingerprint density at radius 1 is 1.31 bits per heavy atom. The van der Waals surface area contributed by atoms with Gasteiger partial charge in [-0.05, 0) is 30.7 Å². The van der Waals surface area contributed by atoms with Gasteiger partial charge in [0, 0.05) is 12.1 Å². The number of carbonyl (C=O) groups is 1. The lowest BCUT2D eigenvalue weighted by Gasteiger charge is -2.28. The zero-order valence-electron chi connectivity index (χ0n) is 14.1. The van der Waals surface area contributed by atoms with Crippen LogP contribution in [0.15, 0.2) is 42.6 Å². The number of benzene rings is 1. The summed E-state index contributed by atoms with van der Waals surface area (Å²) in [5, 5.41) is 0.703. The van der Waals surface area contributed by atoms with E-state index < -0.39 is 0 Å². The third-order valence-corrected chi connectivity index (χ3v) is 5.12. The van der Waals surface area contributed by atoms with Gasteiger partial charge in [-0.1, -0.05) is 18.2 Å². The minimum absolute atomic E-state index is 0.141. The van der Waals surface area contributed by atoms with Crippen molar-refractivity contribution in [2.45, 2.75) is 13.3 Å². The second-order valence-corrected chi connectivity index (χ2v) is 7.08. The molecule has 0 N–H and O–H groups in total. The van der Waals surface area contributed by atoms with Gasteiger partial charge in [-0.2, -0.15) is 0 Å². The molecule has 1 amide bonds. The zero-order valence-corrected chi connectivity index (χ0v) is 14.9. The lowest BCUT2D eigenvalue weighted by atomic mass is 10.1. The second kappa shape index (κ2) is 6.84. The molecule has 0 saturated heterocycles. The van der Waals surface area contributed by atoms with Crippen LogP contribution in [0.1, 0.15) is 25.9 Å². The molecule has 0 fully saturated rings. The molecule has 1 aromatic carbocycles. The standard InChI is InChI=1S/C19H16FN3O2S/c1-12-6-7-15-18(22-12)25-9-8-23(15)19(24)16-11-21-17(26-16)10-13-4-2-3-5-14(13)20/h2-7,11H,8-10H2,1H3. The molecular weight excluding hydrogens is 353 g/mol. The van der Waals surface area contributed by atoms with Crippen LogP contribution in [0.2, 0.25) is 0 Å². The molecule has 5 nitrogen and oxygen atoms in total. The topological polar surface area (TPSA) is 55.3 Å². The zero-order chi connectivity index (χ0) is 18.1. The average molecular weight is 369 g/mol. The fourth-order valence-corrected chi connectivity index (χ4v) is 3.72. The van der Waals surface area contributed by atoms with Crippen LogP contribution in [0, 0.1) is 12.7 Å². The van der Waals surface area contributed by atoms with E-state index in [0.717, 1.165) is 5.69 Å². The number of fused-ring (bicyclic) bond motifs is 1. The number of rotatable bonds is 3. The fraction of sp³-hybridized carbons (Fsp3) is 0.211. The van der Waals surface area contributed by atoms with Crippen LogP contribution < -0.4 is 9.64 Å². The highest BCUT2D eigenvalue weighted by atomic mass is 32.1. The number of aryl methyl sites for hydroxylation is 1. The summed E-state index contributed by atoms with van der Waals surface area (Å²) in [6.07, 6.45) is 1.92. The van der Waals surface area contributed by atoms with Crippen LogP contribution in [0.4, 0.5) is 10.1 Å². The van der Waals surface area contributed by atoms with E-state index in [0.29, 0.717) is 46.6 Å². The van der Waals surface area contributed by atoms with Gasteiger partial charge in [-0.15, -0.1) is 11.3 Å². The van der Waals surface area contributed by atoms with Crippen LogP contribution in [-0.2, 0) is 6.42 Å². The third-order valence-electron chi connectivity index (χ3n) is 4.13. The van der Waals surface area contributed by atoms with Crippen molar-refractivity contribution in [3.8, 4) is 5.88 Å². The van der Waals surface area contributed by atoms with Crippen molar-refractivity contribution in [2.75, 3.05) is 18.1 Å². The highest BCUT2D eigenvalue weighted by Crippen LogP contribution is 2.31. The van der Waals surface area contributed by atoms with Gasteiger partial charge in [0.25, 0.3) is 5.91 Å². The Morgan fingerprint density at radius 3 is 3.00 bits per heavy atom. The number of anilines is 1. The number of halogens is 1. The number of aromatic nitrogens is 2. The summed E-state index contributed by atoms with van der Waals surface area (Å²) < 4.78 is 19.4. The molecule has 0 atom stereocenters. The van der Waals surface area contributed by atoms with Crippen LogP contribution >= 0.6 is 11.3 Å². The van der Waals surface area contributed by atoms with E-state index in [2.05, 4.69) is 9.97 Å². The number of amides is 1. The number of hydrogen-bond acceptors (Lipinski definition) is 5. The monoisotopic (exact) mass is 369 g/mol. The SMILES string of the molecule is Cc1ccc2c(n1)OCCN2C(=O)c1cnc(Cc2ccccc2F)s1. The minimum Gasteiger partial charge on any atom is -0.474 e. The Kier molecular flexibility index (Phi) is 4.38. The molecular formula is C19H16FN3O2S. The van der Waals surface area contributed by atoms with E-state index >= 15 is 0 Å². The van der Waals surface area contributed by atoms with E-state index in [9.17, 15) is 9.18 Å². The van der Waals surface area contributed by atoms with Crippen molar-refractivity contribution in [3.63, 3.8) is 0 Å². The Labute approximate surface area is 154 Å². The quantitative estimate of drug-likeness (QED) is 0.708. The van der Waals surface area contributed by atoms with Crippen LogP contribution in [0.25, 0.3) is 0 Å². The summed E-state index contributed by atoms with van der Waals surface area (Å²) >= 11 is 1.29. The third kappa shape index (κ3) is 3.17. The summed E-state index contributed by atoms with van der Waals surface area (Å²) in [5.41, 5.74) is 2.07. The first-order valence-corrected chi connectivity index (χ1v) is 9.04. The molecule has 4 rings (SSSR count). The van der Waals surface area contributed by atoms with E-state index in [4.69, 9.17) is 4.74 Å². The largest absolute Gasteiger partial charge is 0.474 e. The molecule has 3 heterocycles. The van der Waals surface area contributed by atoms with E-state index in [1.165, 1.54) is 17.4 Å². The summed E-state index contributed by atoms with van der Waals surface area (Å²) in [6, 6.07) is 10.3. The summed E-state index contributed by atoms with van der Waals surface area (Å²) in [7, 11) is 0. The molecule has 3 aromatic rings. The van der Waals surface area contributed by atoms with Gasteiger partial charge >= 0.3 is 0 Å². The van der Waals surface area contributed by atoms with Gasteiger partial charge in [-0.3, -0.25) is 9.69 Å². The van der Waals surface area contributed by atoms with Crippen molar-refractivity contribution in [3.05, 3.63) is 69.6 Å². The molecule has 0 radical (unpaired) electrons. The van der Waals surface area contributed by atoms with Gasteiger partial charge in [0.1, 0.15) is 23.0 Å². The van der Waals surface area contributed by atoms with Gasteiger partial charge in [0.05, 0.1) is 17.7 Å². The fourth-order valence-electron chi connectivity index (χ4n) is 2.83. The van der Waals surface area contributed by atoms with Crippen molar-refractivity contribution in [1.82, 2.24) is 9.97 Å². The lowest BCUT2D eigenvalue weighted by molar-refractivity contribution is 0.0979. The first-order chi connectivity index (χ1) is 12.6. The number of thiazole rings is 1. The first-order valence-electron chi connectivity index (χ1n) is 8.22. The highest BCUT2D eigenvalue weighted by molar-refractivity contribution is 7.13. The first kappa shape index (κ1) is 16.7. The van der Waals surface area contributed by atoms with Crippen molar-refractivity contribution < 1.29 is 13.9 Å². The Hall–Kier alpha value is -2.80. The number of pyridine rings is 1. The van der Waals surface area contributed by atoms with Crippen molar-refractivity contribution in [1.29, 1.82) is 0 Å². The molecule has 7 heteroatoms.